The van der Waals surface area contributed by atoms with E-state index in [4.69, 9.17) is 9.47 Å². The van der Waals surface area contributed by atoms with E-state index in [0.717, 1.165) is 12.1 Å². The second-order valence-electron chi connectivity index (χ2n) is 7.10. The Morgan fingerprint density at radius 2 is 1.66 bits per heavy atom. The molecular formula is C21H18F3NO4. The van der Waals surface area contributed by atoms with Gasteiger partial charge in [0.25, 0.3) is 5.91 Å². The molecule has 1 fully saturated rings. The van der Waals surface area contributed by atoms with Crippen LogP contribution < -0.4 is 9.47 Å². The number of carbonyl (C=O) groups excluding carboxylic acids is 2. The van der Waals surface area contributed by atoms with Crippen LogP contribution in [0.4, 0.5) is 13.2 Å². The summed E-state index contributed by atoms with van der Waals surface area (Å²) in [6.45, 7) is 0.809. The maximum atomic E-state index is 12.9. The number of likely N-dealkylation sites (tertiary alicyclic amines) is 1. The molecule has 4 rings (SSSR count). The lowest BCUT2D eigenvalue weighted by Crippen LogP contribution is -2.42. The van der Waals surface area contributed by atoms with Gasteiger partial charge in [0, 0.05) is 30.1 Å². The van der Waals surface area contributed by atoms with E-state index in [1.165, 1.54) is 17.0 Å². The molecular weight excluding hydrogens is 387 g/mol. The molecule has 8 heteroatoms. The SMILES string of the molecule is O=C(c1ccc2c(c1)OCO2)[C@H]1CCCN(C(=O)c2ccc(C(F)(F)F)cc2)C1. The highest BCUT2D eigenvalue weighted by Gasteiger charge is 2.32. The van der Waals surface area contributed by atoms with Gasteiger partial charge in [-0.3, -0.25) is 9.59 Å². The fraction of sp³-hybridized carbons (Fsp3) is 0.333. The number of fused-ring (bicyclic) bond motifs is 1. The number of rotatable bonds is 3. The van der Waals surface area contributed by atoms with Crippen LogP contribution in [0.3, 0.4) is 0 Å². The van der Waals surface area contributed by atoms with E-state index in [2.05, 4.69) is 0 Å². The largest absolute Gasteiger partial charge is 0.454 e. The molecule has 0 radical (unpaired) electrons. The summed E-state index contributed by atoms with van der Waals surface area (Å²) >= 11 is 0. The van der Waals surface area contributed by atoms with Crippen molar-refractivity contribution in [2.45, 2.75) is 19.0 Å². The van der Waals surface area contributed by atoms with Crippen LogP contribution in [0.25, 0.3) is 0 Å². The molecule has 2 heterocycles. The highest BCUT2D eigenvalue weighted by molar-refractivity contribution is 6.00. The Hall–Kier alpha value is -3.03. The first-order chi connectivity index (χ1) is 13.8. The zero-order valence-electron chi connectivity index (χ0n) is 15.4. The number of piperidine rings is 1. The second kappa shape index (κ2) is 7.42. The van der Waals surface area contributed by atoms with Gasteiger partial charge in [0.05, 0.1) is 5.56 Å². The zero-order chi connectivity index (χ0) is 20.6. The number of halogens is 3. The van der Waals surface area contributed by atoms with Crippen molar-refractivity contribution in [2.75, 3.05) is 19.9 Å². The molecule has 0 saturated carbocycles. The molecule has 0 aliphatic carbocycles. The monoisotopic (exact) mass is 405 g/mol. The molecule has 1 saturated heterocycles. The van der Waals surface area contributed by atoms with Crippen LogP contribution in [0.5, 0.6) is 11.5 Å². The Kier molecular flexibility index (Phi) is 4.94. The molecule has 152 valence electrons. The van der Waals surface area contributed by atoms with Gasteiger partial charge >= 0.3 is 6.18 Å². The first-order valence-electron chi connectivity index (χ1n) is 9.23. The standard InChI is InChI=1S/C21H18F3NO4/c22-21(23,24)16-6-3-13(4-7-16)20(27)25-9-1-2-15(11-25)19(26)14-5-8-17-18(10-14)29-12-28-17/h3-8,10,15H,1-2,9,11-12H2/t15-/m0/s1. The van der Waals surface area contributed by atoms with Crippen LogP contribution >= 0.6 is 0 Å². The van der Waals surface area contributed by atoms with Crippen molar-refractivity contribution in [3.8, 4) is 11.5 Å². The van der Waals surface area contributed by atoms with E-state index in [-0.39, 0.29) is 36.5 Å². The lowest BCUT2D eigenvalue weighted by atomic mass is 9.89. The van der Waals surface area contributed by atoms with Gasteiger partial charge in [-0.2, -0.15) is 13.2 Å². The van der Waals surface area contributed by atoms with E-state index in [1.807, 2.05) is 0 Å². The summed E-state index contributed by atoms with van der Waals surface area (Å²) in [6.07, 6.45) is -3.16. The summed E-state index contributed by atoms with van der Waals surface area (Å²) in [7, 11) is 0. The van der Waals surface area contributed by atoms with Crippen molar-refractivity contribution in [1.29, 1.82) is 0 Å². The number of hydrogen-bond donors (Lipinski definition) is 0. The summed E-state index contributed by atoms with van der Waals surface area (Å²) in [4.78, 5) is 27.1. The van der Waals surface area contributed by atoms with Crippen molar-refractivity contribution in [3.63, 3.8) is 0 Å². The van der Waals surface area contributed by atoms with Crippen LogP contribution in [-0.2, 0) is 6.18 Å². The van der Waals surface area contributed by atoms with Gasteiger partial charge in [-0.15, -0.1) is 0 Å². The summed E-state index contributed by atoms with van der Waals surface area (Å²) in [5.41, 5.74) is -0.138. The van der Waals surface area contributed by atoms with Gasteiger partial charge in [0.2, 0.25) is 6.79 Å². The summed E-state index contributed by atoms with van der Waals surface area (Å²) in [5, 5.41) is 0. The fourth-order valence-electron chi connectivity index (χ4n) is 3.65. The van der Waals surface area contributed by atoms with Crippen LogP contribution in [0, 0.1) is 5.92 Å². The lowest BCUT2D eigenvalue weighted by molar-refractivity contribution is -0.137. The van der Waals surface area contributed by atoms with E-state index >= 15 is 0 Å². The van der Waals surface area contributed by atoms with Crippen molar-refractivity contribution in [2.24, 2.45) is 5.92 Å². The Morgan fingerprint density at radius 1 is 0.966 bits per heavy atom. The number of ether oxygens (including phenoxy) is 2. The maximum Gasteiger partial charge on any atom is 0.416 e. The quantitative estimate of drug-likeness (QED) is 0.720. The van der Waals surface area contributed by atoms with Crippen LogP contribution in [0.2, 0.25) is 0 Å². The fourth-order valence-corrected chi connectivity index (χ4v) is 3.65. The summed E-state index contributed by atoms with van der Waals surface area (Å²) in [6, 6.07) is 9.14. The number of carbonyl (C=O) groups is 2. The second-order valence-corrected chi connectivity index (χ2v) is 7.10. The Balaban J connectivity index is 1.46. The number of benzene rings is 2. The third kappa shape index (κ3) is 3.92. The minimum absolute atomic E-state index is 0.0896. The molecule has 5 nitrogen and oxygen atoms in total. The van der Waals surface area contributed by atoms with Crippen LogP contribution in [0.15, 0.2) is 42.5 Å². The third-order valence-corrected chi connectivity index (χ3v) is 5.20. The summed E-state index contributed by atoms with van der Waals surface area (Å²) < 4.78 is 48.7. The highest BCUT2D eigenvalue weighted by Crippen LogP contribution is 2.34. The van der Waals surface area contributed by atoms with Gasteiger partial charge in [0.15, 0.2) is 17.3 Å². The highest BCUT2D eigenvalue weighted by atomic mass is 19.4. The van der Waals surface area contributed by atoms with E-state index < -0.39 is 11.7 Å². The number of Topliss-reactive ketones (excluding diaryl/α,β-unsaturated/α-hetero) is 1. The molecule has 0 bridgehead atoms. The average molecular weight is 405 g/mol. The molecule has 0 unspecified atom stereocenters. The van der Waals surface area contributed by atoms with E-state index in [0.29, 0.717) is 36.4 Å². The molecule has 2 aromatic carbocycles. The minimum atomic E-state index is -4.45. The molecule has 1 atom stereocenters. The third-order valence-electron chi connectivity index (χ3n) is 5.20. The molecule has 2 aliphatic heterocycles. The zero-order valence-corrected chi connectivity index (χ0v) is 15.4. The normalized spacial score (nSPS) is 18.6. The average Bonchev–Trinajstić information content (AvgIpc) is 3.20. The number of alkyl halides is 3. The van der Waals surface area contributed by atoms with Crippen molar-refractivity contribution < 1.29 is 32.2 Å². The van der Waals surface area contributed by atoms with Crippen molar-refractivity contribution in [1.82, 2.24) is 4.90 Å². The topological polar surface area (TPSA) is 55.8 Å². The van der Waals surface area contributed by atoms with Gasteiger partial charge in [-0.25, -0.2) is 0 Å². The summed E-state index contributed by atoms with van der Waals surface area (Å²) in [5.74, 6) is 0.270. The predicted octanol–water partition coefficient (Wildman–Crippen LogP) is 4.17. The first kappa shape index (κ1) is 19.3. The maximum absolute atomic E-state index is 12.9. The van der Waals surface area contributed by atoms with Gasteiger partial charge in [0.1, 0.15) is 0 Å². The first-order valence-corrected chi connectivity index (χ1v) is 9.23. The number of amides is 1. The van der Waals surface area contributed by atoms with Gasteiger partial charge < -0.3 is 14.4 Å². The number of hydrogen-bond acceptors (Lipinski definition) is 4. The number of nitrogens with zero attached hydrogens (tertiary/aromatic N) is 1. The van der Waals surface area contributed by atoms with E-state index in [1.54, 1.807) is 18.2 Å². The Labute approximate surface area is 165 Å². The number of ketones is 1. The van der Waals surface area contributed by atoms with Gasteiger partial charge in [-0.05, 0) is 55.3 Å². The van der Waals surface area contributed by atoms with E-state index in [9.17, 15) is 22.8 Å². The van der Waals surface area contributed by atoms with Crippen LogP contribution in [-0.4, -0.2) is 36.5 Å². The molecule has 0 aromatic heterocycles. The molecule has 0 N–H and O–H groups in total. The van der Waals surface area contributed by atoms with Crippen molar-refractivity contribution in [3.05, 3.63) is 59.2 Å². The van der Waals surface area contributed by atoms with Crippen LogP contribution in [0.1, 0.15) is 39.1 Å². The lowest BCUT2D eigenvalue weighted by Gasteiger charge is -2.32. The Bertz CT molecular complexity index is 940. The predicted molar refractivity (Wildman–Crippen MR) is 97.0 cm³/mol. The molecule has 1 amide bonds. The molecule has 29 heavy (non-hydrogen) atoms. The minimum Gasteiger partial charge on any atom is -0.454 e. The smallest absolute Gasteiger partial charge is 0.416 e. The molecule has 2 aliphatic rings. The van der Waals surface area contributed by atoms with Gasteiger partial charge in [-0.1, -0.05) is 0 Å². The molecule has 0 spiro atoms. The Morgan fingerprint density at radius 3 is 2.38 bits per heavy atom. The molecule has 2 aromatic rings. The van der Waals surface area contributed by atoms with Crippen molar-refractivity contribution >= 4 is 11.7 Å².